The van der Waals surface area contributed by atoms with Gasteiger partial charge in [-0.3, -0.25) is 4.79 Å². The Labute approximate surface area is 123 Å². The molecule has 6 nitrogen and oxygen atoms in total. The van der Waals surface area contributed by atoms with Gasteiger partial charge >= 0.3 is 0 Å². The monoisotopic (exact) mass is 289 g/mol. The molecule has 2 aromatic heterocycles. The molecule has 6 heteroatoms. The molecular weight excluding hydrogens is 270 g/mol. The van der Waals surface area contributed by atoms with Crippen LogP contribution >= 0.6 is 0 Å². The Balaban J connectivity index is 2.18. The molecule has 1 amide bonds. The topological polar surface area (TPSA) is 77.2 Å². The number of hydrogen-bond donors (Lipinski definition) is 1. The summed E-state index contributed by atoms with van der Waals surface area (Å²) in [7, 11) is 0. The maximum absolute atomic E-state index is 12.4. The number of amides is 1. The van der Waals surface area contributed by atoms with Crippen molar-refractivity contribution >= 4 is 11.6 Å². The Morgan fingerprint density at radius 1 is 1.48 bits per heavy atom. The lowest BCUT2D eigenvalue weighted by molar-refractivity contribution is -0.117. The summed E-state index contributed by atoms with van der Waals surface area (Å²) in [5.74, 6) is 0.551. The summed E-state index contributed by atoms with van der Waals surface area (Å²) in [6.07, 6.45) is 1.62. The number of carbonyl (C=O) groups is 1. The second kappa shape index (κ2) is 6.39. The molecule has 0 spiro atoms. The highest BCUT2D eigenvalue weighted by molar-refractivity contribution is 5.96. The van der Waals surface area contributed by atoms with Crippen LogP contribution < -0.4 is 10.1 Å². The number of anilines is 1. The third kappa shape index (κ3) is 3.21. The minimum Gasteiger partial charge on any atom is -0.476 e. The van der Waals surface area contributed by atoms with E-state index in [1.165, 1.54) is 0 Å². The van der Waals surface area contributed by atoms with Crippen LogP contribution in [0.4, 0.5) is 5.69 Å². The van der Waals surface area contributed by atoms with Crippen molar-refractivity contribution in [3.8, 4) is 5.88 Å². The summed E-state index contributed by atoms with van der Waals surface area (Å²) in [6.45, 7) is 7.80. The zero-order valence-electron chi connectivity index (χ0n) is 12.6. The van der Waals surface area contributed by atoms with Crippen LogP contribution in [0.15, 0.2) is 22.9 Å². The SMILES string of the molecule is CCOc1ncccc1NC(=O)[C@H](C)c1c(C)noc1C. The molecule has 2 aromatic rings. The molecule has 1 atom stereocenters. The van der Waals surface area contributed by atoms with Gasteiger partial charge in [0.1, 0.15) is 11.4 Å². The normalized spacial score (nSPS) is 12.0. The van der Waals surface area contributed by atoms with E-state index in [4.69, 9.17) is 9.26 Å². The van der Waals surface area contributed by atoms with Gasteiger partial charge in [-0.2, -0.15) is 0 Å². The summed E-state index contributed by atoms with van der Waals surface area (Å²) in [4.78, 5) is 16.5. The van der Waals surface area contributed by atoms with E-state index in [1.807, 2.05) is 20.8 Å². The number of pyridine rings is 1. The molecule has 2 rings (SSSR count). The number of ether oxygens (including phenoxy) is 1. The highest BCUT2D eigenvalue weighted by atomic mass is 16.5. The second-order valence-electron chi connectivity index (χ2n) is 4.74. The van der Waals surface area contributed by atoms with E-state index in [9.17, 15) is 4.79 Å². The van der Waals surface area contributed by atoms with Gasteiger partial charge in [-0.05, 0) is 39.8 Å². The van der Waals surface area contributed by atoms with Crippen molar-refractivity contribution in [1.82, 2.24) is 10.1 Å². The van der Waals surface area contributed by atoms with Crippen molar-refractivity contribution in [2.45, 2.75) is 33.6 Å². The molecule has 0 saturated heterocycles. The van der Waals surface area contributed by atoms with Gasteiger partial charge in [0.2, 0.25) is 11.8 Å². The zero-order valence-corrected chi connectivity index (χ0v) is 12.6. The molecule has 1 N–H and O–H groups in total. The van der Waals surface area contributed by atoms with Gasteiger partial charge in [0.15, 0.2) is 0 Å². The number of aryl methyl sites for hydroxylation is 2. The molecule has 0 fully saturated rings. The summed E-state index contributed by atoms with van der Waals surface area (Å²) in [5, 5.41) is 6.72. The quantitative estimate of drug-likeness (QED) is 0.915. The van der Waals surface area contributed by atoms with Gasteiger partial charge in [0.25, 0.3) is 0 Å². The number of aromatic nitrogens is 2. The first-order valence-electron chi connectivity index (χ1n) is 6.86. The van der Waals surface area contributed by atoms with E-state index in [0.717, 1.165) is 11.3 Å². The van der Waals surface area contributed by atoms with Crippen molar-refractivity contribution < 1.29 is 14.1 Å². The van der Waals surface area contributed by atoms with Crippen LogP contribution in [0.5, 0.6) is 5.88 Å². The van der Waals surface area contributed by atoms with Crippen LogP contribution in [0, 0.1) is 13.8 Å². The van der Waals surface area contributed by atoms with E-state index in [1.54, 1.807) is 25.3 Å². The van der Waals surface area contributed by atoms with E-state index in [0.29, 0.717) is 23.9 Å². The first-order valence-corrected chi connectivity index (χ1v) is 6.86. The molecule has 0 aliphatic rings. The minimum absolute atomic E-state index is 0.154. The Bertz CT molecular complexity index is 617. The summed E-state index contributed by atoms with van der Waals surface area (Å²) >= 11 is 0. The van der Waals surface area contributed by atoms with Gasteiger partial charge in [0, 0.05) is 11.8 Å². The highest BCUT2D eigenvalue weighted by Crippen LogP contribution is 2.26. The van der Waals surface area contributed by atoms with Crippen LogP contribution in [0.3, 0.4) is 0 Å². The Hall–Kier alpha value is -2.37. The van der Waals surface area contributed by atoms with Crippen molar-refractivity contribution in [1.29, 1.82) is 0 Å². The smallest absolute Gasteiger partial charge is 0.237 e. The third-order valence-electron chi connectivity index (χ3n) is 3.22. The zero-order chi connectivity index (χ0) is 15.4. The lowest BCUT2D eigenvalue weighted by Crippen LogP contribution is -2.20. The molecule has 0 bridgehead atoms. The average molecular weight is 289 g/mol. The molecule has 112 valence electrons. The van der Waals surface area contributed by atoms with E-state index < -0.39 is 0 Å². The highest BCUT2D eigenvalue weighted by Gasteiger charge is 2.23. The number of carbonyl (C=O) groups excluding carboxylic acids is 1. The van der Waals surface area contributed by atoms with Crippen molar-refractivity contribution in [2.24, 2.45) is 0 Å². The molecule has 0 aliphatic carbocycles. The van der Waals surface area contributed by atoms with Crippen LogP contribution in [-0.2, 0) is 4.79 Å². The van der Waals surface area contributed by atoms with E-state index in [2.05, 4.69) is 15.5 Å². The second-order valence-corrected chi connectivity index (χ2v) is 4.74. The Kier molecular flexibility index (Phi) is 4.57. The van der Waals surface area contributed by atoms with Gasteiger partial charge in [-0.25, -0.2) is 4.98 Å². The van der Waals surface area contributed by atoms with Crippen LogP contribution in [0.1, 0.15) is 36.8 Å². The van der Waals surface area contributed by atoms with Crippen LogP contribution in [0.2, 0.25) is 0 Å². The van der Waals surface area contributed by atoms with Crippen molar-refractivity contribution in [3.05, 3.63) is 35.3 Å². The minimum atomic E-state index is -0.370. The summed E-state index contributed by atoms with van der Waals surface area (Å²) in [6, 6.07) is 3.51. The molecule has 0 aliphatic heterocycles. The van der Waals surface area contributed by atoms with Crippen molar-refractivity contribution in [2.75, 3.05) is 11.9 Å². The molecule has 0 radical (unpaired) electrons. The number of hydrogen-bond acceptors (Lipinski definition) is 5. The van der Waals surface area contributed by atoms with Crippen LogP contribution in [0.25, 0.3) is 0 Å². The summed E-state index contributed by atoms with van der Waals surface area (Å²) < 4.78 is 10.5. The fourth-order valence-corrected chi connectivity index (χ4v) is 2.22. The molecule has 0 aromatic carbocycles. The van der Waals surface area contributed by atoms with E-state index >= 15 is 0 Å². The standard InChI is InChI=1S/C15H19N3O3/c1-5-20-15-12(7-6-8-16-15)17-14(19)9(2)13-10(3)18-21-11(13)4/h6-9H,5H2,1-4H3,(H,17,19)/t9-/m1/s1. The fourth-order valence-electron chi connectivity index (χ4n) is 2.22. The van der Waals surface area contributed by atoms with Crippen molar-refractivity contribution in [3.63, 3.8) is 0 Å². The first-order chi connectivity index (χ1) is 10.0. The number of rotatable bonds is 5. The molecule has 0 unspecified atom stereocenters. The first kappa shape index (κ1) is 15.0. The van der Waals surface area contributed by atoms with Gasteiger partial charge in [-0.1, -0.05) is 5.16 Å². The third-order valence-corrected chi connectivity index (χ3v) is 3.22. The van der Waals surface area contributed by atoms with E-state index in [-0.39, 0.29) is 11.8 Å². The Morgan fingerprint density at radius 2 is 2.24 bits per heavy atom. The van der Waals surface area contributed by atoms with Gasteiger partial charge < -0.3 is 14.6 Å². The summed E-state index contributed by atoms with van der Waals surface area (Å²) in [5.41, 5.74) is 2.10. The van der Waals surface area contributed by atoms with Gasteiger partial charge in [-0.15, -0.1) is 0 Å². The molecule has 0 saturated carbocycles. The molecule has 21 heavy (non-hydrogen) atoms. The average Bonchev–Trinajstić information content (AvgIpc) is 2.80. The Morgan fingerprint density at radius 3 is 2.86 bits per heavy atom. The largest absolute Gasteiger partial charge is 0.476 e. The number of nitrogens with zero attached hydrogens (tertiary/aromatic N) is 2. The predicted octanol–water partition coefficient (Wildman–Crippen LogP) is 2.83. The number of nitrogens with one attached hydrogen (secondary N) is 1. The fraction of sp³-hybridized carbons (Fsp3) is 0.400. The lowest BCUT2D eigenvalue weighted by atomic mass is 9.98. The van der Waals surface area contributed by atoms with Gasteiger partial charge in [0.05, 0.1) is 18.2 Å². The lowest BCUT2D eigenvalue weighted by Gasteiger charge is -2.14. The van der Waals surface area contributed by atoms with Crippen LogP contribution in [-0.4, -0.2) is 22.7 Å². The maximum Gasteiger partial charge on any atom is 0.237 e. The maximum atomic E-state index is 12.4. The molecular formula is C15H19N3O3. The molecule has 2 heterocycles. The predicted molar refractivity (Wildman–Crippen MR) is 78.4 cm³/mol.